The molecule has 142 valence electrons. The summed E-state index contributed by atoms with van der Waals surface area (Å²) in [6.45, 7) is 1.27. The molecule has 1 aromatic heterocycles. The van der Waals surface area contributed by atoms with Gasteiger partial charge in [-0.25, -0.2) is 9.97 Å². The highest BCUT2D eigenvalue weighted by Crippen LogP contribution is 2.32. The highest BCUT2D eigenvalue weighted by molar-refractivity contribution is 5.92. The topological polar surface area (TPSA) is 76.6 Å². The summed E-state index contributed by atoms with van der Waals surface area (Å²) in [5, 5.41) is 3.15. The van der Waals surface area contributed by atoms with E-state index in [1.54, 1.807) is 24.2 Å². The molecule has 7 heteroatoms. The third-order valence-corrected chi connectivity index (χ3v) is 4.37. The lowest BCUT2D eigenvalue weighted by Crippen LogP contribution is -2.27. The summed E-state index contributed by atoms with van der Waals surface area (Å²) in [6, 6.07) is 17.2. The fourth-order valence-electron chi connectivity index (χ4n) is 2.92. The van der Waals surface area contributed by atoms with Gasteiger partial charge in [-0.3, -0.25) is 4.79 Å². The molecular formula is C21H20N4O3. The Hall–Kier alpha value is -3.61. The van der Waals surface area contributed by atoms with E-state index in [9.17, 15) is 4.79 Å². The van der Waals surface area contributed by atoms with Gasteiger partial charge in [0.25, 0.3) is 5.91 Å². The molecule has 4 rings (SSSR count). The second kappa shape index (κ2) is 7.96. The molecule has 2 aromatic carbocycles. The molecule has 0 aliphatic carbocycles. The Labute approximate surface area is 163 Å². The van der Waals surface area contributed by atoms with Crippen LogP contribution >= 0.6 is 0 Å². The van der Waals surface area contributed by atoms with Crippen LogP contribution in [0.2, 0.25) is 0 Å². The summed E-state index contributed by atoms with van der Waals surface area (Å²) < 4.78 is 10.7. The van der Waals surface area contributed by atoms with Crippen LogP contribution in [0.15, 0.2) is 60.8 Å². The fourth-order valence-corrected chi connectivity index (χ4v) is 2.92. The van der Waals surface area contributed by atoms with Gasteiger partial charge in [-0.1, -0.05) is 36.4 Å². The molecule has 1 N–H and O–H groups in total. The number of aromatic nitrogens is 2. The highest BCUT2D eigenvalue weighted by Gasteiger charge is 2.15. The predicted octanol–water partition coefficient (Wildman–Crippen LogP) is 3.09. The normalized spacial score (nSPS) is 11.9. The maximum absolute atomic E-state index is 12.7. The van der Waals surface area contributed by atoms with Gasteiger partial charge in [0.2, 0.25) is 12.7 Å². The first-order valence-electron chi connectivity index (χ1n) is 8.94. The quantitative estimate of drug-likeness (QED) is 0.712. The Balaban J connectivity index is 1.40. The van der Waals surface area contributed by atoms with Crippen molar-refractivity contribution in [3.05, 3.63) is 77.6 Å². The Kier molecular flexibility index (Phi) is 5.05. The van der Waals surface area contributed by atoms with Crippen LogP contribution in [0.25, 0.3) is 0 Å². The SMILES string of the molecule is CN(Cc1ccccc1)C(=O)c1ccnc(NCc2ccc3c(c2)OCO3)n1. The third-order valence-electron chi connectivity index (χ3n) is 4.37. The summed E-state index contributed by atoms with van der Waals surface area (Å²) in [6.07, 6.45) is 1.58. The average Bonchev–Trinajstić information content (AvgIpc) is 3.20. The largest absolute Gasteiger partial charge is 0.454 e. The Morgan fingerprint density at radius 2 is 1.89 bits per heavy atom. The second-order valence-electron chi connectivity index (χ2n) is 6.45. The molecule has 0 saturated heterocycles. The smallest absolute Gasteiger partial charge is 0.272 e. The van der Waals surface area contributed by atoms with Crippen molar-refractivity contribution in [2.24, 2.45) is 0 Å². The van der Waals surface area contributed by atoms with Crippen LogP contribution < -0.4 is 14.8 Å². The molecule has 7 nitrogen and oxygen atoms in total. The summed E-state index contributed by atoms with van der Waals surface area (Å²) in [4.78, 5) is 22.9. The third kappa shape index (κ3) is 4.03. The minimum absolute atomic E-state index is 0.155. The number of rotatable bonds is 6. The van der Waals surface area contributed by atoms with Gasteiger partial charge in [0, 0.05) is 26.3 Å². The zero-order valence-electron chi connectivity index (χ0n) is 15.5. The number of carbonyl (C=O) groups is 1. The van der Waals surface area contributed by atoms with Crippen LogP contribution in [0.3, 0.4) is 0 Å². The van der Waals surface area contributed by atoms with E-state index in [-0.39, 0.29) is 12.7 Å². The number of hydrogen-bond acceptors (Lipinski definition) is 6. The van der Waals surface area contributed by atoms with Crippen molar-refractivity contribution < 1.29 is 14.3 Å². The van der Waals surface area contributed by atoms with Crippen LogP contribution in [-0.2, 0) is 13.1 Å². The van der Waals surface area contributed by atoms with E-state index < -0.39 is 0 Å². The molecule has 3 aromatic rings. The second-order valence-corrected chi connectivity index (χ2v) is 6.45. The minimum atomic E-state index is -0.155. The van der Waals surface area contributed by atoms with Crippen LogP contribution in [0.1, 0.15) is 21.6 Å². The molecule has 0 saturated carbocycles. The standard InChI is InChI=1S/C21H20N4O3/c1-25(13-15-5-3-2-4-6-15)20(26)17-9-10-22-21(24-17)23-12-16-7-8-18-19(11-16)28-14-27-18/h2-11H,12-14H2,1H3,(H,22,23,24). The molecule has 1 amide bonds. The Morgan fingerprint density at radius 1 is 1.07 bits per heavy atom. The number of carbonyl (C=O) groups excluding carboxylic acids is 1. The Bertz CT molecular complexity index is 978. The number of hydrogen-bond donors (Lipinski definition) is 1. The van der Waals surface area contributed by atoms with Crippen molar-refractivity contribution in [2.45, 2.75) is 13.1 Å². The van der Waals surface area contributed by atoms with Crippen molar-refractivity contribution in [3.8, 4) is 11.5 Å². The first kappa shape index (κ1) is 17.8. The van der Waals surface area contributed by atoms with E-state index in [4.69, 9.17) is 9.47 Å². The number of ether oxygens (including phenoxy) is 2. The van der Waals surface area contributed by atoms with Gasteiger partial charge in [-0.2, -0.15) is 0 Å². The van der Waals surface area contributed by atoms with Crippen LogP contribution in [0.4, 0.5) is 5.95 Å². The zero-order chi connectivity index (χ0) is 19.3. The van der Waals surface area contributed by atoms with Crippen LogP contribution in [0.5, 0.6) is 11.5 Å². The number of nitrogens with zero attached hydrogens (tertiary/aromatic N) is 3. The molecule has 2 heterocycles. The summed E-state index contributed by atoms with van der Waals surface area (Å²) in [5.41, 5.74) is 2.42. The first-order valence-corrected chi connectivity index (χ1v) is 8.94. The van der Waals surface area contributed by atoms with Crippen molar-refractivity contribution in [2.75, 3.05) is 19.2 Å². The Morgan fingerprint density at radius 3 is 2.75 bits per heavy atom. The monoisotopic (exact) mass is 376 g/mol. The van der Waals surface area contributed by atoms with Crippen molar-refractivity contribution >= 4 is 11.9 Å². The van der Waals surface area contributed by atoms with Crippen molar-refractivity contribution in [1.82, 2.24) is 14.9 Å². The number of fused-ring (bicyclic) bond motifs is 1. The van der Waals surface area contributed by atoms with Gasteiger partial charge < -0.3 is 19.7 Å². The number of amides is 1. The first-order chi connectivity index (χ1) is 13.7. The van der Waals surface area contributed by atoms with Gasteiger partial charge in [0.15, 0.2) is 11.5 Å². The number of nitrogens with one attached hydrogen (secondary N) is 1. The van der Waals surface area contributed by atoms with Gasteiger partial charge in [0.05, 0.1) is 0 Å². The van der Waals surface area contributed by atoms with Gasteiger partial charge in [-0.15, -0.1) is 0 Å². The van der Waals surface area contributed by atoms with Crippen LogP contribution in [-0.4, -0.2) is 34.6 Å². The van der Waals surface area contributed by atoms with E-state index in [1.807, 2.05) is 48.5 Å². The molecule has 0 bridgehead atoms. The summed E-state index contributed by atoms with van der Waals surface area (Å²) in [7, 11) is 1.76. The highest BCUT2D eigenvalue weighted by atomic mass is 16.7. The molecule has 0 atom stereocenters. The van der Waals surface area contributed by atoms with E-state index in [0.29, 0.717) is 24.7 Å². The summed E-state index contributed by atoms with van der Waals surface area (Å²) in [5.74, 6) is 1.72. The van der Waals surface area contributed by atoms with Gasteiger partial charge >= 0.3 is 0 Å². The number of anilines is 1. The number of benzene rings is 2. The minimum Gasteiger partial charge on any atom is -0.454 e. The maximum Gasteiger partial charge on any atom is 0.272 e. The lowest BCUT2D eigenvalue weighted by atomic mass is 10.2. The van der Waals surface area contributed by atoms with Crippen molar-refractivity contribution in [1.29, 1.82) is 0 Å². The zero-order valence-corrected chi connectivity index (χ0v) is 15.5. The molecule has 0 unspecified atom stereocenters. The van der Waals surface area contributed by atoms with E-state index >= 15 is 0 Å². The maximum atomic E-state index is 12.7. The summed E-state index contributed by atoms with van der Waals surface area (Å²) >= 11 is 0. The molecule has 0 spiro atoms. The molecule has 28 heavy (non-hydrogen) atoms. The fraction of sp³-hybridized carbons (Fsp3) is 0.190. The molecule has 0 radical (unpaired) electrons. The molecule has 1 aliphatic rings. The van der Waals surface area contributed by atoms with E-state index in [0.717, 1.165) is 22.6 Å². The van der Waals surface area contributed by atoms with Crippen molar-refractivity contribution in [3.63, 3.8) is 0 Å². The lowest BCUT2D eigenvalue weighted by molar-refractivity contribution is 0.0779. The molecule has 1 aliphatic heterocycles. The molecule has 0 fully saturated rings. The molecular weight excluding hydrogens is 356 g/mol. The van der Waals surface area contributed by atoms with Crippen LogP contribution in [0, 0.1) is 0 Å². The van der Waals surface area contributed by atoms with E-state index in [1.165, 1.54) is 0 Å². The average molecular weight is 376 g/mol. The van der Waals surface area contributed by atoms with Gasteiger partial charge in [-0.05, 0) is 29.3 Å². The van der Waals surface area contributed by atoms with E-state index in [2.05, 4.69) is 15.3 Å². The predicted molar refractivity (Wildman–Crippen MR) is 104 cm³/mol. The lowest BCUT2D eigenvalue weighted by Gasteiger charge is -2.17. The van der Waals surface area contributed by atoms with Gasteiger partial charge in [0.1, 0.15) is 5.69 Å².